The maximum atomic E-state index is 14.8. The number of ether oxygens (including phenoxy) is 1. The number of halogens is 2. The third-order valence-corrected chi connectivity index (χ3v) is 8.62. The Bertz CT molecular complexity index is 1770. The summed E-state index contributed by atoms with van der Waals surface area (Å²) in [6, 6.07) is 8.61. The van der Waals surface area contributed by atoms with Crippen molar-refractivity contribution in [3.63, 3.8) is 0 Å². The number of nitrogens with one attached hydrogen (secondary N) is 2. The number of piperazine rings is 1. The molecule has 0 unspecified atom stereocenters. The second-order valence-electron chi connectivity index (χ2n) is 11.6. The number of anilines is 1. The molecule has 2 aliphatic rings. The minimum Gasteiger partial charge on any atom is -0.483 e. The van der Waals surface area contributed by atoms with Gasteiger partial charge in [0.15, 0.2) is 24.0 Å². The number of nitriles is 1. The minimum absolute atomic E-state index is 0.0583. The SMILES string of the molecule is CC[C@@]1(O)CN[C@H](C(=O)N2CCN(C(=O)c3ccc(NC(=O)c4ncc(-c5ccc(OCC#N)c(F)c5F)n4C)cc3C)CC2)C1.O=CO. The van der Waals surface area contributed by atoms with Gasteiger partial charge in [-0.15, -0.1) is 0 Å². The topological polar surface area (TPSA) is 190 Å². The molecule has 3 aromatic rings. The molecule has 0 aliphatic carbocycles. The van der Waals surface area contributed by atoms with Gasteiger partial charge in [0.2, 0.25) is 11.7 Å². The first-order chi connectivity index (χ1) is 23.4. The Kier molecular flexibility index (Phi) is 11.6. The summed E-state index contributed by atoms with van der Waals surface area (Å²) in [7, 11) is 1.49. The zero-order chi connectivity index (χ0) is 35.9. The minimum atomic E-state index is -1.26. The first-order valence-corrected chi connectivity index (χ1v) is 15.4. The maximum absolute atomic E-state index is 14.8. The first kappa shape index (κ1) is 36.4. The van der Waals surface area contributed by atoms with Crippen LogP contribution >= 0.6 is 0 Å². The van der Waals surface area contributed by atoms with Crippen LogP contribution in [0, 0.1) is 29.9 Å². The zero-order valence-corrected chi connectivity index (χ0v) is 27.2. The Morgan fingerprint density at radius 2 is 1.84 bits per heavy atom. The third kappa shape index (κ3) is 8.02. The zero-order valence-electron chi connectivity index (χ0n) is 27.2. The van der Waals surface area contributed by atoms with Crippen LogP contribution in [0.25, 0.3) is 11.3 Å². The summed E-state index contributed by atoms with van der Waals surface area (Å²) in [6.07, 6.45) is 2.19. The predicted octanol–water partition coefficient (Wildman–Crippen LogP) is 2.32. The fraction of sp³-hybridized carbons (Fsp3) is 0.394. The molecule has 0 spiro atoms. The number of rotatable bonds is 8. The Morgan fingerprint density at radius 1 is 1.16 bits per heavy atom. The van der Waals surface area contributed by atoms with Crippen LogP contribution in [0.1, 0.15) is 46.3 Å². The molecule has 0 saturated carbocycles. The van der Waals surface area contributed by atoms with Crippen molar-refractivity contribution in [2.45, 2.75) is 38.3 Å². The fourth-order valence-corrected chi connectivity index (χ4v) is 5.79. The van der Waals surface area contributed by atoms with Crippen molar-refractivity contribution in [2.75, 3.05) is 44.6 Å². The summed E-state index contributed by atoms with van der Waals surface area (Å²) < 4.78 is 35.5. The maximum Gasteiger partial charge on any atom is 0.291 e. The highest BCUT2D eigenvalue weighted by molar-refractivity contribution is 6.03. The van der Waals surface area contributed by atoms with Gasteiger partial charge in [-0.3, -0.25) is 19.2 Å². The number of aromatic nitrogens is 2. The molecule has 0 bridgehead atoms. The van der Waals surface area contributed by atoms with E-state index in [0.717, 1.165) is 0 Å². The summed E-state index contributed by atoms with van der Waals surface area (Å²) in [4.78, 5) is 55.2. The van der Waals surface area contributed by atoms with Crippen LogP contribution in [0.2, 0.25) is 0 Å². The van der Waals surface area contributed by atoms with E-state index in [2.05, 4.69) is 15.6 Å². The number of aryl methyl sites for hydroxylation is 1. The summed E-state index contributed by atoms with van der Waals surface area (Å²) in [5, 5.41) is 31.8. The Morgan fingerprint density at radius 3 is 2.45 bits per heavy atom. The van der Waals surface area contributed by atoms with Gasteiger partial charge >= 0.3 is 0 Å². The van der Waals surface area contributed by atoms with Crippen LogP contribution in [0.5, 0.6) is 5.75 Å². The smallest absolute Gasteiger partial charge is 0.291 e. The number of benzene rings is 2. The highest BCUT2D eigenvalue weighted by Crippen LogP contribution is 2.30. The summed E-state index contributed by atoms with van der Waals surface area (Å²) in [5.74, 6) is -3.77. The van der Waals surface area contributed by atoms with Gasteiger partial charge in [0.05, 0.1) is 23.5 Å². The van der Waals surface area contributed by atoms with Crippen molar-refractivity contribution in [3.05, 3.63) is 65.1 Å². The van der Waals surface area contributed by atoms with Crippen LogP contribution < -0.4 is 15.4 Å². The van der Waals surface area contributed by atoms with Gasteiger partial charge in [0, 0.05) is 63.0 Å². The van der Waals surface area contributed by atoms with E-state index in [4.69, 9.17) is 19.9 Å². The third-order valence-electron chi connectivity index (χ3n) is 8.62. The molecular formula is C33H37F2N7O7. The van der Waals surface area contributed by atoms with Crippen molar-refractivity contribution in [2.24, 2.45) is 7.05 Å². The number of carbonyl (C=O) groups excluding carboxylic acids is 3. The van der Waals surface area contributed by atoms with E-state index in [1.54, 1.807) is 41.0 Å². The highest BCUT2D eigenvalue weighted by Gasteiger charge is 2.41. The van der Waals surface area contributed by atoms with E-state index in [1.807, 2.05) is 6.92 Å². The standard InChI is InChI=1S/C32H35F2N7O5.CH2O2/c1-4-32(45)16-23(37-18-32)31(44)41-12-10-40(11-13-41)30(43)21-6-5-20(15-19(21)2)38-29(42)28-36-17-24(39(28)3)22-7-8-25(46-14-9-35)27(34)26(22)33;2-1-3/h5-8,15,17,23,37,45H,4,10-14,16,18H2,1-3H3,(H,38,42);1H,(H,2,3)/t23-,32-;/m0./s1. The summed E-state index contributed by atoms with van der Waals surface area (Å²) >= 11 is 0. The molecule has 5 rings (SSSR count). The van der Waals surface area contributed by atoms with Crippen LogP contribution in [0.3, 0.4) is 0 Å². The van der Waals surface area contributed by atoms with Gasteiger partial charge < -0.3 is 40.0 Å². The van der Waals surface area contributed by atoms with Crippen LogP contribution in [-0.2, 0) is 16.6 Å². The lowest BCUT2D eigenvalue weighted by Gasteiger charge is -2.36. The van der Waals surface area contributed by atoms with Crippen molar-refractivity contribution in [1.29, 1.82) is 5.26 Å². The molecule has 14 nitrogen and oxygen atoms in total. The molecule has 3 amide bonds. The number of nitrogens with zero attached hydrogens (tertiary/aromatic N) is 5. The van der Waals surface area contributed by atoms with Crippen LogP contribution in [0.4, 0.5) is 14.5 Å². The largest absolute Gasteiger partial charge is 0.483 e. The fourth-order valence-electron chi connectivity index (χ4n) is 5.79. The average Bonchev–Trinajstić information content (AvgIpc) is 3.68. The number of β-amino-alcohol motifs (C(OH)–C–C–N with tert-alkyl or cyclic N) is 1. The second-order valence-corrected chi connectivity index (χ2v) is 11.6. The Balaban J connectivity index is 0.00000174. The summed E-state index contributed by atoms with van der Waals surface area (Å²) in [6.45, 7) is 4.86. The molecule has 0 radical (unpaired) electrons. The molecule has 3 heterocycles. The quantitative estimate of drug-likeness (QED) is 0.257. The van der Waals surface area contributed by atoms with E-state index < -0.39 is 41.5 Å². The number of hydrogen-bond acceptors (Lipinski definition) is 9. The van der Waals surface area contributed by atoms with E-state index in [1.165, 1.54) is 29.9 Å². The Labute approximate surface area is 280 Å². The molecule has 49 heavy (non-hydrogen) atoms. The molecule has 4 N–H and O–H groups in total. The molecule has 260 valence electrons. The molecule has 2 saturated heterocycles. The molecular weight excluding hydrogens is 644 g/mol. The van der Waals surface area contributed by atoms with E-state index in [-0.39, 0.29) is 35.4 Å². The molecule has 1 aromatic heterocycles. The average molecular weight is 682 g/mol. The number of carbonyl (C=O) groups is 4. The van der Waals surface area contributed by atoms with Gasteiger partial charge in [-0.1, -0.05) is 6.92 Å². The van der Waals surface area contributed by atoms with Gasteiger partial charge in [0.1, 0.15) is 6.07 Å². The van der Waals surface area contributed by atoms with Crippen LogP contribution in [0.15, 0.2) is 36.5 Å². The number of amides is 3. The highest BCUT2D eigenvalue weighted by atomic mass is 19.2. The van der Waals surface area contributed by atoms with Crippen molar-refractivity contribution >= 4 is 29.9 Å². The van der Waals surface area contributed by atoms with Crippen LogP contribution in [-0.4, -0.2) is 105 Å². The van der Waals surface area contributed by atoms with Gasteiger partial charge in [-0.05, 0) is 49.2 Å². The normalized spacial score (nSPS) is 18.6. The van der Waals surface area contributed by atoms with Crippen molar-refractivity contribution < 1.29 is 42.9 Å². The lowest BCUT2D eigenvalue weighted by Crippen LogP contribution is -2.54. The van der Waals surface area contributed by atoms with E-state index in [0.29, 0.717) is 62.4 Å². The lowest BCUT2D eigenvalue weighted by atomic mass is 9.97. The molecule has 2 aromatic carbocycles. The van der Waals surface area contributed by atoms with Gasteiger partial charge in [0.25, 0.3) is 18.3 Å². The molecule has 2 aliphatic heterocycles. The van der Waals surface area contributed by atoms with Gasteiger partial charge in [-0.2, -0.15) is 9.65 Å². The van der Waals surface area contributed by atoms with Gasteiger partial charge in [-0.25, -0.2) is 9.37 Å². The van der Waals surface area contributed by atoms with E-state index in [9.17, 15) is 28.3 Å². The number of aliphatic hydroxyl groups is 1. The monoisotopic (exact) mass is 681 g/mol. The first-order valence-electron chi connectivity index (χ1n) is 15.4. The number of hydrogen-bond donors (Lipinski definition) is 4. The number of imidazole rings is 1. The molecule has 2 fully saturated rings. The number of carboxylic acid groups (broad SMARTS) is 1. The Hall–Kier alpha value is -5.40. The lowest BCUT2D eigenvalue weighted by molar-refractivity contribution is -0.135. The van der Waals surface area contributed by atoms with Crippen molar-refractivity contribution in [3.8, 4) is 23.1 Å². The molecule has 16 heteroatoms. The summed E-state index contributed by atoms with van der Waals surface area (Å²) in [5.41, 5.74) is 0.638. The van der Waals surface area contributed by atoms with Crippen molar-refractivity contribution in [1.82, 2.24) is 24.7 Å². The predicted molar refractivity (Wildman–Crippen MR) is 172 cm³/mol. The second kappa shape index (κ2) is 15.7. The van der Waals surface area contributed by atoms with E-state index >= 15 is 0 Å². The molecule has 2 atom stereocenters.